The fourth-order valence-corrected chi connectivity index (χ4v) is 5.27. The zero-order valence-electron chi connectivity index (χ0n) is 20.6. The molecule has 1 aromatic rings. The van der Waals surface area contributed by atoms with Crippen LogP contribution in [0.4, 0.5) is 0 Å². The lowest BCUT2D eigenvalue weighted by molar-refractivity contribution is -0.134. The van der Waals surface area contributed by atoms with E-state index in [1.54, 1.807) is 0 Å². The normalized spacial score (nSPS) is 18.5. The van der Waals surface area contributed by atoms with Gasteiger partial charge in [-0.2, -0.15) is 0 Å². The van der Waals surface area contributed by atoms with Crippen molar-refractivity contribution in [1.29, 1.82) is 0 Å². The monoisotopic (exact) mass is 442 g/mol. The summed E-state index contributed by atoms with van der Waals surface area (Å²) in [4.78, 5) is 31.5. The Morgan fingerprint density at radius 2 is 1.50 bits per heavy atom. The molecule has 6 heteroatoms. The Morgan fingerprint density at radius 1 is 0.938 bits per heavy atom. The van der Waals surface area contributed by atoms with E-state index in [2.05, 4.69) is 48.0 Å². The van der Waals surface area contributed by atoms with Gasteiger partial charge in [-0.3, -0.25) is 19.4 Å². The Bertz CT molecular complexity index is 757. The maximum Gasteiger partial charge on any atom is 0.236 e. The molecule has 0 unspecified atom stereocenters. The fraction of sp³-hybridized carbons (Fsp3) is 0.692. The lowest BCUT2D eigenvalue weighted by Crippen LogP contribution is -2.52. The minimum Gasteiger partial charge on any atom is -0.355 e. The number of carbonyl (C=O) groups excluding carboxylic acids is 2. The lowest BCUT2D eigenvalue weighted by atomic mass is 9.94. The van der Waals surface area contributed by atoms with Crippen molar-refractivity contribution in [1.82, 2.24) is 20.0 Å². The van der Waals surface area contributed by atoms with Crippen LogP contribution in [-0.2, 0) is 16.0 Å². The summed E-state index contributed by atoms with van der Waals surface area (Å²) >= 11 is 0. The molecule has 1 saturated heterocycles. The number of nitrogens with zero attached hydrogens (tertiary/aromatic N) is 3. The van der Waals surface area contributed by atoms with E-state index in [1.165, 1.54) is 41.5 Å². The third-order valence-electron chi connectivity index (χ3n) is 7.24. The first-order valence-electron chi connectivity index (χ1n) is 12.4. The van der Waals surface area contributed by atoms with Crippen molar-refractivity contribution in [2.75, 3.05) is 52.9 Å². The van der Waals surface area contributed by atoms with Crippen molar-refractivity contribution in [3.63, 3.8) is 0 Å². The fourth-order valence-electron chi connectivity index (χ4n) is 5.27. The standard InChI is InChI=1S/C26H42N4O2/c1-20-16-21(2)24(22(3)17-20)10-11-27-25(31)18-29-12-14-30(15-13-29)19-26(32)28(4)23-8-6-5-7-9-23/h16-17,23H,5-15,18-19H2,1-4H3,(H,27,31). The molecule has 6 nitrogen and oxygen atoms in total. The van der Waals surface area contributed by atoms with Crippen molar-refractivity contribution in [3.05, 3.63) is 34.4 Å². The average molecular weight is 443 g/mol. The van der Waals surface area contributed by atoms with Gasteiger partial charge >= 0.3 is 0 Å². The number of amides is 2. The SMILES string of the molecule is Cc1cc(C)c(CCNC(=O)CN2CCN(CC(=O)N(C)C3CCCCC3)CC2)c(C)c1. The van der Waals surface area contributed by atoms with Crippen molar-refractivity contribution in [2.45, 2.75) is 65.3 Å². The molecule has 2 fully saturated rings. The van der Waals surface area contributed by atoms with Crippen LogP contribution in [-0.4, -0.2) is 85.4 Å². The second-order valence-electron chi connectivity index (χ2n) is 9.83. The zero-order chi connectivity index (χ0) is 23.1. The Kier molecular flexibility index (Phi) is 9.11. The molecule has 1 aliphatic heterocycles. The summed E-state index contributed by atoms with van der Waals surface area (Å²) in [6, 6.07) is 4.84. The van der Waals surface area contributed by atoms with E-state index in [4.69, 9.17) is 0 Å². The summed E-state index contributed by atoms with van der Waals surface area (Å²) in [7, 11) is 1.97. The van der Waals surface area contributed by atoms with E-state index in [0.29, 0.717) is 25.7 Å². The number of carbonyl (C=O) groups is 2. The van der Waals surface area contributed by atoms with Crippen LogP contribution in [0.2, 0.25) is 0 Å². The minimum atomic E-state index is 0.0916. The van der Waals surface area contributed by atoms with E-state index in [-0.39, 0.29) is 11.8 Å². The summed E-state index contributed by atoms with van der Waals surface area (Å²) in [5.41, 5.74) is 5.23. The van der Waals surface area contributed by atoms with Gasteiger partial charge in [-0.1, -0.05) is 37.0 Å². The molecule has 1 N–H and O–H groups in total. The molecule has 0 spiro atoms. The van der Waals surface area contributed by atoms with Crippen molar-refractivity contribution in [2.24, 2.45) is 0 Å². The van der Waals surface area contributed by atoms with E-state index in [9.17, 15) is 9.59 Å². The van der Waals surface area contributed by atoms with Crippen LogP contribution < -0.4 is 5.32 Å². The molecular formula is C26H42N4O2. The molecule has 32 heavy (non-hydrogen) atoms. The van der Waals surface area contributed by atoms with Crippen molar-refractivity contribution < 1.29 is 9.59 Å². The van der Waals surface area contributed by atoms with E-state index >= 15 is 0 Å². The summed E-state index contributed by atoms with van der Waals surface area (Å²) in [6.45, 7) is 11.4. The largest absolute Gasteiger partial charge is 0.355 e. The zero-order valence-corrected chi connectivity index (χ0v) is 20.6. The van der Waals surface area contributed by atoms with E-state index in [0.717, 1.165) is 45.4 Å². The molecule has 1 aliphatic carbocycles. The lowest BCUT2D eigenvalue weighted by Gasteiger charge is -2.36. The smallest absolute Gasteiger partial charge is 0.236 e. The molecule has 1 saturated carbocycles. The van der Waals surface area contributed by atoms with Crippen LogP contribution in [0.3, 0.4) is 0 Å². The van der Waals surface area contributed by atoms with Crippen LogP contribution in [0.15, 0.2) is 12.1 Å². The third-order valence-corrected chi connectivity index (χ3v) is 7.24. The van der Waals surface area contributed by atoms with Gasteiger partial charge in [0.2, 0.25) is 11.8 Å². The van der Waals surface area contributed by atoms with E-state index < -0.39 is 0 Å². The summed E-state index contributed by atoms with van der Waals surface area (Å²) < 4.78 is 0. The van der Waals surface area contributed by atoms with Gasteiger partial charge in [0.15, 0.2) is 0 Å². The molecule has 0 aromatic heterocycles. The first-order chi connectivity index (χ1) is 15.3. The average Bonchev–Trinajstić information content (AvgIpc) is 2.77. The van der Waals surface area contributed by atoms with Gasteiger partial charge in [-0.25, -0.2) is 0 Å². The van der Waals surface area contributed by atoms with Gasteiger partial charge in [0, 0.05) is 45.8 Å². The van der Waals surface area contributed by atoms with Crippen LogP contribution in [0.25, 0.3) is 0 Å². The van der Waals surface area contributed by atoms with Gasteiger partial charge in [-0.15, -0.1) is 0 Å². The predicted octanol–water partition coefficient (Wildman–Crippen LogP) is 2.68. The molecule has 1 heterocycles. The van der Waals surface area contributed by atoms with Gasteiger partial charge in [-0.05, 0) is 56.7 Å². The Morgan fingerprint density at radius 3 is 2.09 bits per heavy atom. The number of likely N-dealkylation sites (N-methyl/N-ethyl adjacent to an activating group) is 1. The first kappa shape index (κ1) is 24.7. The minimum absolute atomic E-state index is 0.0916. The quantitative estimate of drug-likeness (QED) is 0.673. The van der Waals surface area contributed by atoms with Gasteiger partial charge in [0.1, 0.15) is 0 Å². The molecule has 0 bridgehead atoms. The van der Waals surface area contributed by atoms with Gasteiger partial charge < -0.3 is 10.2 Å². The number of rotatable bonds is 8. The molecular weight excluding hydrogens is 400 g/mol. The first-order valence-corrected chi connectivity index (χ1v) is 12.4. The number of hydrogen-bond donors (Lipinski definition) is 1. The van der Waals surface area contributed by atoms with Crippen LogP contribution in [0, 0.1) is 20.8 Å². The molecule has 2 aliphatic rings. The summed E-state index contributed by atoms with van der Waals surface area (Å²) in [5, 5.41) is 3.09. The number of benzene rings is 1. The topological polar surface area (TPSA) is 55.9 Å². The second-order valence-corrected chi connectivity index (χ2v) is 9.83. The third kappa shape index (κ3) is 7.04. The highest BCUT2D eigenvalue weighted by Crippen LogP contribution is 2.22. The highest BCUT2D eigenvalue weighted by Gasteiger charge is 2.25. The summed E-state index contributed by atoms with van der Waals surface area (Å²) in [5.74, 6) is 0.332. The second kappa shape index (κ2) is 11.8. The van der Waals surface area contributed by atoms with Gasteiger partial charge in [0.25, 0.3) is 0 Å². The van der Waals surface area contributed by atoms with Crippen LogP contribution in [0.5, 0.6) is 0 Å². The number of piperazine rings is 1. The predicted molar refractivity (Wildman–Crippen MR) is 130 cm³/mol. The molecule has 0 atom stereocenters. The number of hydrogen-bond acceptors (Lipinski definition) is 4. The highest BCUT2D eigenvalue weighted by atomic mass is 16.2. The Balaban J connectivity index is 1.34. The Labute approximate surface area is 194 Å². The maximum absolute atomic E-state index is 12.7. The Hall–Kier alpha value is -1.92. The summed E-state index contributed by atoms with van der Waals surface area (Å²) in [6.07, 6.45) is 6.95. The number of aryl methyl sites for hydroxylation is 3. The molecule has 2 amide bonds. The maximum atomic E-state index is 12.7. The van der Waals surface area contributed by atoms with Crippen LogP contribution in [0.1, 0.15) is 54.4 Å². The molecule has 0 radical (unpaired) electrons. The van der Waals surface area contributed by atoms with Crippen LogP contribution >= 0.6 is 0 Å². The number of nitrogens with one attached hydrogen (secondary N) is 1. The molecule has 3 rings (SSSR count). The van der Waals surface area contributed by atoms with Crippen molar-refractivity contribution in [3.8, 4) is 0 Å². The molecule has 1 aromatic carbocycles. The molecule has 178 valence electrons. The van der Waals surface area contributed by atoms with Gasteiger partial charge in [0.05, 0.1) is 13.1 Å². The highest BCUT2D eigenvalue weighted by molar-refractivity contribution is 5.78. The van der Waals surface area contributed by atoms with Crippen molar-refractivity contribution >= 4 is 11.8 Å². The van der Waals surface area contributed by atoms with E-state index in [1.807, 2.05) is 11.9 Å².